The predicted molar refractivity (Wildman–Crippen MR) is 132 cm³/mol. The van der Waals surface area contributed by atoms with Gasteiger partial charge >= 0.3 is 6.09 Å². The molecular weight excluding hydrogens is 452 g/mol. The smallest absolute Gasteiger partial charge is 0.407 e. The van der Waals surface area contributed by atoms with Crippen LogP contribution in [0.15, 0.2) is 29.2 Å². The van der Waals surface area contributed by atoms with Gasteiger partial charge in [0.2, 0.25) is 0 Å². The molecule has 2 N–H and O–H groups in total. The van der Waals surface area contributed by atoms with Crippen molar-refractivity contribution in [3.63, 3.8) is 0 Å². The first-order valence-corrected chi connectivity index (χ1v) is 13.8. The third-order valence-electron chi connectivity index (χ3n) is 6.46. The molecule has 34 heavy (non-hydrogen) atoms. The maximum atomic E-state index is 12.3. The number of rotatable bonds is 5. The second-order valence-corrected chi connectivity index (χ2v) is 12.8. The number of aryl methyl sites for hydroxylation is 1. The number of ether oxygens (including phenoxy) is 1. The Morgan fingerprint density at radius 2 is 1.85 bits per heavy atom. The molecule has 2 aromatic rings. The minimum Gasteiger partial charge on any atom is -0.446 e. The molecule has 1 aromatic carbocycles. The number of carbonyl (C=O) groups is 1. The molecular formula is C25H36N4O4S. The highest BCUT2D eigenvalue weighted by Gasteiger charge is 2.31. The van der Waals surface area contributed by atoms with Crippen molar-refractivity contribution in [3.8, 4) is 0 Å². The lowest BCUT2D eigenvalue weighted by atomic mass is 9.84. The molecule has 2 heterocycles. The molecule has 1 aliphatic heterocycles. The van der Waals surface area contributed by atoms with Crippen molar-refractivity contribution in [2.45, 2.75) is 95.2 Å². The van der Waals surface area contributed by atoms with Gasteiger partial charge in [0.25, 0.3) is 0 Å². The van der Waals surface area contributed by atoms with Gasteiger partial charge in [0.1, 0.15) is 6.10 Å². The van der Waals surface area contributed by atoms with Crippen molar-refractivity contribution in [3.05, 3.63) is 35.5 Å². The summed E-state index contributed by atoms with van der Waals surface area (Å²) >= 11 is 0. The number of carbonyl (C=O) groups excluding carboxylic acids is 1. The second-order valence-electron chi connectivity index (χ2n) is 10.7. The number of nitrogens with zero attached hydrogens (tertiary/aromatic N) is 2. The number of hydrogen-bond acceptors (Lipinski definition) is 6. The molecule has 1 amide bonds. The number of aromatic nitrogens is 2. The lowest BCUT2D eigenvalue weighted by molar-refractivity contribution is 0.0690. The molecule has 0 radical (unpaired) electrons. The molecule has 1 aliphatic carbocycles. The zero-order valence-electron chi connectivity index (χ0n) is 20.7. The summed E-state index contributed by atoms with van der Waals surface area (Å²) in [6, 6.07) is 7.66. The summed E-state index contributed by atoms with van der Waals surface area (Å²) in [7, 11) is -3.19. The molecule has 1 aromatic heterocycles. The number of benzene rings is 1. The Morgan fingerprint density at radius 1 is 1.15 bits per heavy atom. The van der Waals surface area contributed by atoms with Gasteiger partial charge in [-0.1, -0.05) is 6.07 Å². The van der Waals surface area contributed by atoms with Crippen molar-refractivity contribution in [2.75, 3.05) is 11.1 Å². The first kappa shape index (κ1) is 24.6. The number of amides is 1. The van der Waals surface area contributed by atoms with E-state index >= 15 is 0 Å². The van der Waals surface area contributed by atoms with Crippen molar-refractivity contribution >= 4 is 27.4 Å². The van der Waals surface area contributed by atoms with Crippen LogP contribution in [0.5, 0.6) is 0 Å². The summed E-state index contributed by atoms with van der Waals surface area (Å²) in [6.07, 6.45) is 3.63. The fourth-order valence-electron chi connectivity index (χ4n) is 4.81. The number of hydrogen-bond donors (Lipinski definition) is 2. The molecule has 1 saturated carbocycles. The molecule has 0 bridgehead atoms. The Morgan fingerprint density at radius 3 is 2.50 bits per heavy atom. The number of fused-ring (bicyclic) bond motifs is 1. The normalized spacial score (nSPS) is 21.8. The fourth-order valence-corrected chi connectivity index (χ4v) is 6.40. The quantitative estimate of drug-likeness (QED) is 0.622. The summed E-state index contributed by atoms with van der Waals surface area (Å²) < 4.78 is 32.3. The van der Waals surface area contributed by atoms with Gasteiger partial charge < -0.3 is 15.4 Å². The first-order valence-electron chi connectivity index (χ1n) is 12.1. The van der Waals surface area contributed by atoms with Crippen molar-refractivity contribution in [1.82, 2.24) is 15.1 Å². The Bertz CT molecular complexity index is 1160. The number of anilines is 2. The van der Waals surface area contributed by atoms with Crippen LogP contribution < -0.4 is 10.6 Å². The third kappa shape index (κ3) is 5.40. The van der Waals surface area contributed by atoms with Crippen LogP contribution in [0.3, 0.4) is 0 Å². The minimum atomic E-state index is -3.19. The summed E-state index contributed by atoms with van der Waals surface area (Å²) in [5.74, 6) is 1.20. The van der Waals surface area contributed by atoms with E-state index in [9.17, 15) is 13.2 Å². The van der Waals surface area contributed by atoms with Gasteiger partial charge in [-0.2, -0.15) is 5.10 Å². The van der Waals surface area contributed by atoms with E-state index in [1.54, 1.807) is 6.07 Å². The summed E-state index contributed by atoms with van der Waals surface area (Å²) in [5.41, 5.74) is 2.55. The van der Waals surface area contributed by atoms with Crippen molar-refractivity contribution in [1.29, 1.82) is 0 Å². The highest BCUT2D eigenvalue weighted by atomic mass is 32.2. The summed E-state index contributed by atoms with van der Waals surface area (Å²) in [6.45, 7) is 10.2. The third-order valence-corrected chi connectivity index (χ3v) is 8.25. The van der Waals surface area contributed by atoms with E-state index in [4.69, 9.17) is 9.84 Å². The summed E-state index contributed by atoms with van der Waals surface area (Å²) in [5, 5.41) is 11.0. The van der Waals surface area contributed by atoms with Crippen LogP contribution in [-0.4, -0.2) is 42.2 Å². The zero-order valence-corrected chi connectivity index (χ0v) is 21.5. The van der Waals surface area contributed by atoms with E-state index in [0.29, 0.717) is 23.1 Å². The average Bonchev–Trinajstić information content (AvgIpc) is 3.29. The average molecular weight is 489 g/mol. The Labute approximate surface area is 202 Å². The zero-order chi connectivity index (χ0) is 24.7. The van der Waals surface area contributed by atoms with Gasteiger partial charge in [-0.25, -0.2) is 13.2 Å². The van der Waals surface area contributed by atoms with Crippen LogP contribution in [-0.2, 0) is 26.5 Å². The van der Waals surface area contributed by atoms with E-state index in [-0.39, 0.29) is 29.5 Å². The monoisotopic (exact) mass is 488 g/mol. The number of alkyl carbamates (subject to hydrolysis) is 1. The van der Waals surface area contributed by atoms with Gasteiger partial charge in [-0.3, -0.25) is 4.68 Å². The molecule has 186 valence electrons. The number of sulfone groups is 1. The summed E-state index contributed by atoms with van der Waals surface area (Å²) in [4.78, 5) is 12.4. The van der Waals surface area contributed by atoms with E-state index < -0.39 is 9.84 Å². The van der Waals surface area contributed by atoms with E-state index in [1.807, 2.05) is 26.0 Å². The van der Waals surface area contributed by atoms with Crippen LogP contribution in [0.1, 0.15) is 77.5 Å². The van der Waals surface area contributed by atoms with Crippen LogP contribution in [0.25, 0.3) is 0 Å². The maximum Gasteiger partial charge on any atom is 0.407 e. The van der Waals surface area contributed by atoms with E-state index in [2.05, 4.69) is 42.2 Å². The standard InChI is InChI=1S/C25H36N4O4S/c1-16(2)26-24(30)33-20-10-7-17(8-11-20)21-15-23(28-29(21)25(3,4)5)27-19-9-6-18-12-13-34(31,32)22(18)14-19/h6,9,14-17,20H,7-8,10-13H2,1-5H3,(H,26,30)(H,27,28). The Balaban J connectivity index is 1.49. The molecule has 1 fully saturated rings. The van der Waals surface area contributed by atoms with E-state index in [1.165, 1.54) is 0 Å². The highest BCUT2D eigenvalue weighted by Crippen LogP contribution is 2.38. The first-order chi connectivity index (χ1) is 15.9. The lowest BCUT2D eigenvalue weighted by Crippen LogP contribution is -2.35. The van der Waals surface area contributed by atoms with Crippen LogP contribution >= 0.6 is 0 Å². The Kier molecular flexibility index (Phi) is 6.68. The van der Waals surface area contributed by atoms with Gasteiger partial charge in [0, 0.05) is 29.4 Å². The van der Waals surface area contributed by atoms with Gasteiger partial charge in [-0.05, 0) is 84.4 Å². The number of nitrogens with one attached hydrogen (secondary N) is 2. The fraction of sp³-hybridized carbons (Fsp3) is 0.600. The van der Waals surface area contributed by atoms with E-state index in [0.717, 1.165) is 42.6 Å². The predicted octanol–water partition coefficient (Wildman–Crippen LogP) is 4.87. The molecule has 0 atom stereocenters. The van der Waals surface area contributed by atoms with Crippen LogP contribution in [0.4, 0.5) is 16.3 Å². The minimum absolute atomic E-state index is 0.0571. The molecule has 0 spiro atoms. The SMILES string of the molecule is CC(C)NC(=O)OC1CCC(c2cc(Nc3ccc4c(c3)S(=O)(=O)CC4)nn2C(C)(C)C)CC1. The highest BCUT2D eigenvalue weighted by molar-refractivity contribution is 7.91. The molecule has 0 unspecified atom stereocenters. The topological polar surface area (TPSA) is 102 Å². The van der Waals surface area contributed by atoms with Crippen LogP contribution in [0, 0.1) is 0 Å². The van der Waals surface area contributed by atoms with Gasteiger partial charge in [-0.15, -0.1) is 0 Å². The van der Waals surface area contributed by atoms with Crippen molar-refractivity contribution < 1.29 is 17.9 Å². The second kappa shape index (κ2) is 9.24. The molecule has 9 heteroatoms. The Hall–Kier alpha value is -2.55. The lowest BCUT2D eigenvalue weighted by Gasteiger charge is -2.31. The van der Waals surface area contributed by atoms with Gasteiger partial charge in [0.15, 0.2) is 15.7 Å². The molecule has 8 nitrogen and oxygen atoms in total. The maximum absolute atomic E-state index is 12.3. The van der Waals surface area contributed by atoms with Crippen LogP contribution in [0.2, 0.25) is 0 Å². The molecule has 2 aliphatic rings. The van der Waals surface area contributed by atoms with Gasteiger partial charge in [0.05, 0.1) is 16.2 Å². The molecule has 4 rings (SSSR count). The molecule has 0 saturated heterocycles. The van der Waals surface area contributed by atoms with Crippen molar-refractivity contribution in [2.24, 2.45) is 0 Å². The largest absolute Gasteiger partial charge is 0.446 e.